The molecule has 0 heteroatoms. The molecule has 3 aliphatic rings. The third-order valence-corrected chi connectivity index (χ3v) is 4.46. The van der Waals surface area contributed by atoms with E-state index in [1.54, 1.807) is 5.57 Å². The lowest BCUT2D eigenvalue weighted by molar-refractivity contribution is 0.691. The number of hydrogen-bond acceptors (Lipinski definition) is 0. The van der Waals surface area contributed by atoms with Gasteiger partial charge < -0.3 is 0 Å². The van der Waals surface area contributed by atoms with Crippen molar-refractivity contribution in [3.8, 4) is 0 Å². The van der Waals surface area contributed by atoms with E-state index < -0.39 is 0 Å². The fraction of sp³-hybridized carbons (Fsp3) is 0.444. The van der Waals surface area contributed by atoms with E-state index in [0.717, 1.165) is 11.8 Å². The minimum Gasteiger partial charge on any atom is -0.0851 e. The standard InChI is InChI=1S/C11H12.C7H10/c1-2-9-7-10-5-3-4-6-11(10)8-9;1-2-7-4-3-6(1)5-7/h3-7H,2,8H2,1H3;1-2,6-7H,3-5H2. The van der Waals surface area contributed by atoms with Crippen LogP contribution < -0.4 is 0 Å². The molecule has 0 heterocycles. The van der Waals surface area contributed by atoms with E-state index in [2.05, 4.69) is 49.4 Å². The summed E-state index contributed by atoms with van der Waals surface area (Å²) in [7, 11) is 0. The molecule has 1 aromatic rings. The van der Waals surface area contributed by atoms with Crippen molar-refractivity contribution in [3.63, 3.8) is 0 Å². The molecule has 0 amide bonds. The van der Waals surface area contributed by atoms with Crippen LogP contribution in [0.25, 0.3) is 6.08 Å². The second kappa shape index (κ2) is 5.14. The van der Waals surface area contributed by atoms with E-state index >= 15 is 0 Å². The summed E-state index contributed by atoms with van der Waals surface area (Å²) in [5.41, 5.74) is 4.47. The molecule has 18 heavy (non-hydrogen) atoms. The van der Waals surface area contributed by atoms with E-state index in [-0.39, 0.29) is 0 Å². The molecular weight excluding hydrogens is 216 g/mol. The first-order chi connectivity index (χ1) is 8.85. The fourth-order valence-electron chi connectivity index (χ4n) is 3.30. The molecule has 0 nitrogen and oxygen atoms in total. The Labute approximate surface area is 110 Å². The van der Waals surface area contributed by atoms with Crippen LogP contribution in [0.3, 0.4) is 0 Å². The maximum atomic E-state index is 2.38. The highest BCUT2D eigenvalue weighted by Crippen LogP contribution is 2.38. The van der Waals surface area contributed by atoms with Gasteiger partial charge in [0.25, 0.3) is 0 Å². The van der Waals surface area contributed by atoms with Gasteiger partial charge >= 0.3 is 0 Å². The molecule has 1 aromatic carbocycles. The predicted octanol–water partition coefficient (Wildman–Crippen LogP) is 5.01. The molecule has 0 N–H and O–H groups in total. The van der Waals surface area contributed by atoms with Crippen molar-refractivity contribution in [1.82, 2.24) is 0 Å². The minimum absolute atomic E-state index is 0.991. The summed E-state index contributed by atoms with van der Waals surface area (Å²) in [6, 6.07) is 8.63. The number of hydrogen-bond donors (Lipinski definition) is 0. The van der Waals surface area contributed by atoms with Crippen LogP contribution >= 0.6 is 0 Å². The molecule has 0 saturated heterocycles. The monoisotopic (exact) mass is 238 g/mol. The van der Waals surface area contributed by atoms with Crippen molar-refractivity contribution < 1.29 is 0 Å². The van der Waals surface area contributed by atoms with Gasteiger partial charge in [-0.15, -0.1) is 0 Å². The summed E-state index contributed by atoms with van der Waals surface area (Å²) in [6.45, 7) is 2.22. The Morgan fingerprint density at radius 1 is 1.06 bits per heavy atom. The molecule has 2 bridgehead atoms. The zero-order valence-electron chi connectivity index (χ0n) is 11.2. The van der Waals surface area contributed by atoms with Crippen LogP contribution in [0, 0.1) is 11.8 Å². The van der Waals surface area contributed by atoms with Crippen LogP contribution in [-0.2, 0) is 6.42 Å². The van der Waals surface area contributed by atoms with E-state index in [1.165, 1.54) is 43.2 Å². The van der Waals surface area contributed by atoms with Crippen molar-refractivity contribution in [3.05, 3.63) is 53.1 Å². The summed E-state index contributed by atoms with van der Waals surface area (Å²) in [5.74, 6) is 1.98. The maximum absolute atomic E-state index is 2.38. The van der Waals surface area contributed by atoms with Crippen molar-refractivity contribution in [2.75, 3.05) is 0 Å². The Bertz CT molecular complexity index is 467. The maximum Gasteiger partial charge on any atom is -0.00579 e. The molecule has 0 aliphatic heterocycles. The third kappa shape index (κ3) is 2.43. The first-order valence-electron chi connectivity index (χ1n) is 7.31. The molecule has 0 spiro atoms. The number of allylic oxidation sites excluding steroid dienone is 3. The summed E-state index contributed by atoms with van der Waals surface area (Å²) >= 11 is 0. The molecule has 0 aromatic heterocycles. The first kappa shape index (κ1) is 11.8. The lowest BCUT2D eigenvalue weighted by atomic mass is 10.1. The average Bonchev–Trinajstić information content (AvgIpc) is 3.14. The SMILES string of the molecule is C1=CC2CCC1C2.CCC1=Cc2ccccc2C1. The Morgan fingerprint density at radius 2 is 1.78 bits per heavy atom. The van der Waals surface area contributed by atoms with E-state index in [4.69, 9.17) is 0 Å². The molecule has 2 atom stereocenters. The van der Waals surface area contributed by atoms with Gasteiger partial charge in [0, 0.05) is 0 Å². The summed E-state index contributed by atoms with van der Waals surface area (Å²) in [6.07, 6.45) is 13.9. The number of rotatable bonds is 1. The van der Waals surface area contributed by atoms with E-state index in [1.807, 2.05) is 0 Å². The van der Waals surface area contributed by atoms with Crippen LogP contribution in [-0.4, -0.2) is 0 Å². The van der Waals surface area contributed by atoms with Gasteiger partial charge in [-0.25, -0.2) is 0 Å². The van der Waals surface area contributed by atoms with Crippen molar-refractivity contribution in [1.29, 1.82) is 0 Å². The van der Waals surface area contributed by atoms with Crippen LogP contribution in [0.1, 0.15) is 43.7 Å². The fourth-order valence-corrected chi connectivity index (χ4v) is 3.30. The van der Waals surface area contributed by atoms with Gasteiger partial charge in [-0.05, 0) is 55.1 Å². The topological polar surface area (TPSA) is 0 Å². The predicted molar refractivity (Wildman–Crippen MR) is 78.4 cm³/mol. The first-order valence-corrected chi connectivity index (χ1v) is 7.31. The van der Waals surface area contributed by atoms with Crippen LogP contribution in [0.2, 0.25) is 0 Å². The van der Waals surface area contributed by atoms with Crippen LogP contribution in [0.4, 0.5) is 0 Å². The summed E-state index contributed by atoms with van der Waals surface area (Å²) < 4.78 is 0. The smallest absolute Gasteiger partial charge is 0.00579 e. The van der Waals surface area contributed by atoms with Crippen LogP contribution in [0.5, 0.6) is 0 Å². The molecule has 94 valence electrons. The van der Waals surface area contributed by atoms with Gasteiger partial charge in [0.2, 0.25) is 0 Å². The third-order valence-electron chi connectivity index (χ3n) is 4.46. The van der Waals surface area contributed by atoms with Crippen molar-refractivity contribution >= 4 is 6.08 Å². The molecule has 4 rings (SSSR count). The van der Waals surface area contributed by atoms with E-state index in [0.29, 0.717) is 0 Å². The molecule has 2 unspecified atom stereocenters. The van der Waals surface area contributed by atoms with Gasteiger partial charge in [-0.2, -0.15) is 0 Å². The molecule has 1 saturated carbocycles. The van der Waals surface area contributed by atoms with Crippen LogP contribution in [0.15, 0.2) is 42.0 Å². The molecular formula is C18H22. The largest absolute Gasteiger partial charge is 0.0851 e. The normalized spacial score (nSPS) is 26.6. The Kier molecular flexibility index (Phi) is 3.36. The average molecular weight is 238 g/mol. The van der Waals surface area contributed by atoms with Gasteiger partial charge in [0.1, 0.15) is 0 Å². The minimum atomic E-state index is 0.991. The Hall–Kier alpha value is -1.30. The van der Waals surface area contributed by atoms with E-state index in [9.17, 15) is 0 Å². The molecule has 3 aliphatic carbocycles. The van der Waals surface area contributed by atoms with Gasteiger partial charge in [0.15, 0.2) is 0 Å². The highest BCUT2D eigenvalue weighted by atomic mass is 14.3. The second-order valence-electron chi connectivity index (χ2n) is 5.75. The summed E-state index contributed by atoms with van der Waals surface area (Å²) in [4.78, 5) is 0. The number of fused-ring (bicyclic) bond motifs is 3. The lowest BCUT2D eigenvalue weighted by Gasteiger charge is -1.96. The van der Waals surface area contributed by atoms with Crippen molar-refractivity contribution in [2.24, 2.45) is 11.8 Å². The molecule has 0 radical (unpaired) electrons. The Balaban J connectivity index is 0.000000122. The highest BCUT2D eigenvalue weighted by molar-refractivity contribution is 5.63. The highest BCUT2D eigenvalue weighted by Gasteiger charge is 2.25. The summed E-state index contributed by atoms with van der Waals surface area (Å²) in [5, 5.41) is 0. The van der Waals surface area contributed by atoms with Gasteiger partial charge in [-0.3, -0.25) is 0 Å². The zero-order chi connectivity index (χ0) is 12.4. The Morgan fingerprint density at radius 3 is 2.28 bits per heavy atom. The lowest BCUT2D eigenvalue weighted by Crippen LogP contribution is -1.82. The van der Waals surface area contributed by atoms with Gasteiger partial charge in [0.05, 0.1) is 0 Å². The zero-order valence-corrected chi connectivity index (χ0v) is 11.2. The number of benzene rings is 1. The quantitative estimate of drug-likeness (QED) is 0.603. The molecule has 1 fully saturated rings. The second-order valence-corrected chi connectivity index (χ2v) is 5.75. The van der Waals surface area contributed by atoms with Gasteiger partial charge in [-0.1, -0.05) is 55.0 Å². The van der Waals surface area contributed by atoms with Crippen molar-refractivity contribution in [2.45, 2.75) is 39.0 Å².